The average Bonchev–Trinajstić information content (AvgIpc) is 2.65. The molecule has 1 atom stereocenters. The number of aliphatic imine (C=N–C) groups is 1. The van der Waals surface area contributed by atoms with Gasteiger partial charge in [-0.1, -0.05) is 12.1 Å². The Labute approximate surface area is 164 Å². The molecule has 7 nitrogen and oxygen atoms in total. The molecule has 0 aliphatic rings. The Balaban J connectivity index is 1.91. The van der Waals surface area contributed by atoms with Crippen molar-refractivity contribution in [1.82, 2.24) is 10.6 Å². The van der Waals surface area contributed by atoms with E-state index in [0.29, 0.717) is 31.3 Å². The Bertz CT molecular complexity index is 884. The van der Waals surface area contributed by atoms with Crippen molar-refractivity contribution in [1.29, 1.82) is 0 Å². The molecule has 0 heterocycles. The fourth-order valence-corrected chi connectivity index (χ4v) is 2.84. The lowest BCUT2D eigenvalue weighted by Crippen LogP contribution is -2.41. The lowest BCUT2D eigenvalue weighted by molar-refractivity contribution is 0.223. The van der Waals surface area contributed by atoms with Gasteiger partial charge in [-0.15, -0.1) is 0 Å². The first kappa shape index (κ1) is 21.6. The molecule has 0 saturated heterocycles. The van der Waals surface area contributed by atoms with Crippen LogP contribution >= 0.6 is 0 Å². The van der Waals surface area contributed by atoms with E-state index in [2.05, 4.69) is 15.6 Å². The molecule has 2 aromatic carbocycles. The maximum absolute atomic E-state index is 12.9. The van der Waals surface area contributed by atoms with Crippen LogP contribution < -0.4 is 20.5 Å². The predicted octanol–water partition coefficient (Wildman–Crippen LogP) is 2.00. The summed E-state index contributed by atoms with van der Waals surface area (Å²) in [5, 5.41) is 11.4. The summed E-state index contributed by atoms with van der Waals surface area (Å²) in [5.74, 6) is 0.886. The number of guanidine groups is 1. The first-order valence-electron chi connectivity index (χ1n) is 8.84. The van der Waals surface area contributed by atoms with Crippen LogP contribution in [0.3, 0.4) is 0 Å². The van der Waals surface area contributed by atoms with Crippen LogP contribution in [0.25, 0.3) is 0 Å². The number of nitrogens with one attached hydrogen (secondary N) is 2. The van der Waals surface area contributed by atoms with E-state index in [9.17, 15) is 12.8 Å². The molecule has 9 heteroatoms. The second-order valence-electron chi connectivity index (χ2n) is 6.15. The normalized spacial score (nSPS) is 13.1. The zero-order chi connectivity index (χ0) is 20.6. The Morgan fingerprint density at radius 1 is 1.14 bits per heavy atom. The number of hydrogen-bond acceptors (Lipinski definition) is 4. The van der Waals surface area contributed by atoms with Gasteiger partial charge in [0.05, 0.1) is 18.0 Å². The molecule has 0 bridgehead atoms. The molecule has 0 fully saturated rings. The van der Waals surface area contributed by atoms with Crippen LogP contribution in [0.4, 0.5) is 4.39 Å². The number of hydrogen-bond donors (Lipinski definition) is 3. The van der Waals surface area contributed by atoms with Crippen molar-refractivity contribution in [3.05, 3.63) is 59.9 Å². The smallest absolute Gasteiger partial charge is 0.238 e. The van der Waals surface area contributed by atoms with E-state index in [0.717, 1.165) is 5.56 Å². The van der Waals surface area contributed by atoms with E-state index >= 15 is 0 Å². The minimum absolute atomic E-state index is 0.0667. The Kier molecular flexibility index (Phi) is 7.77. The standard InChI is InChI=1S/C19H25FN4O3S/c1-3-22-19(23-12-14(2)27-17-8-6-16(20)7-9-17)24-13-15-4-10-18(11-5-15)28(21,25)26/h4-11,14H,3,12-13H2,1-2H3,(H2,21,25,26)(H2,22,23,24). The van der Waals surface area contributed by atoms with Crippen molar-refractivity contribution in [2.45, 2.75) is 31.4 Å². The maximum atomic E-state index is 12.9. The Morgan fingerprint density at radius 2 is 1.79 bits per heavy atom. The number of ether oxygens (including phenoxy) is 1. The molecular formula is C19H25FN4O3S. The van der Waals surface area contributed by atoms with E-state index < -0.39 is 10.0 Å². The Morgan fingerprint density at radius 3 is 2.36 bits per heavy atom. The van der Waals surface area contributed by atoms with Gasteiger partial charge in [0.2, 0.25) is 10.0 Å². The van der Waals surface area contributed by atoms with Crippen molar-refractivity contribution >= 4 is 16.0 Å². The number of benzene rings is 2. The maximum Gasteiger partial charge on any atom is 0.238 e. The molecular weight excluding hydrogens is 383 g/mol. The summed E-state index contributed by atoms with van der Waals surface area (Å²) >= 11 is 0. The second-order valence-corrected chi connectivity index (χ2v) is 7.71. The SMILES string of the molecule is CCNC(=NCc1ccc(S(N)(=O)=O)cc1)NCC(C)Oc1ccc(F)cc1. The highest BCUT2D eigenvalue weighted by atomic mass is 32.2. The van der Waals surface area contributed by atoms with Crippen molar-refractivity contribution in [2.75, 3.05) is 13.1 Å². The molecule has 28 heavy (non-hydrogen) atoms. The van der Waals surface area contributed by atoms with E-state index in [4.69, 9.17) is 9.88 Å². The zero-order valence-electron chi connectivity index (χ0n) is 15.9. The van der Waals surface area contributed by atoms with Crippen LogP contribution in [0.2, 0.25) is 0 Å². The fourth-order valence-electron chi connectivity index (χ4n) is 2.32. The van der Waals surface area contributed by atoms with Crippen LogP contribution in [-0.4, -0.2) is 33.6 Å². The van der Waals surface area contributed by atoms with Crippen molar-refractivity contribution in [3.63, 3.8) is 0 Å². The summed E-state index contributed by atoms with van der Waals surface area (Å²) in [7, 11) is -3.70. The third-order valence-corrected chi connectivity index (χ3v) is 4.65. The monoisotopic (exact) mass is 408 g/mol. The van der Waals surface area contributed by atoms with Crippen molar-refractivity contribution in [3.8, 4) is 5.75 Å². The van der Waals surface area contributed by atoms with Gasteiger partial charge in [0.1, 0.15) is 17.7 Å². The lowest BCUT2D eigenvalue weighted by Gasteiger charge is -2.17. The molecule has 152 valence electrons. The lowest BCUT2D eigenvalue weighted by atomic mass is 10.2. The van der Waals surface area contributed by atoms with Crippen LogP contribution in [0, 0.1) is 5.82 Å². The molecule has 4 N–H and O–H groups in total. The van der Waals surface area contributed by atoms with E-state index in [1.54, 1.807) is 24.3 Å². The summed E-state index contributed by atoms with van der Waals surface area (Å²) in [5.41, 5.74) is 0.847. The summed E-state index contributed by atoms with van der Waals surface area (Å²) in [4.78, 5) is 4.54. The molecule has 0 aliphatic carbocycles. The first-order chi connectivity index (χ1) is 13.3. The van der Waals surface area contributed by atoms with E-state index in [1.807, 2.05) is 13.8 Å². The van der Waals surface area contributed by atoms with Crippen molar-refractivity contribution < 1.29 is 17.5 Å². The largest absolute Gasteiger partial charge is 0.489 e. The highest BCUT2D eigenvalue weighted by Crippen LogP contribution is 2.13. The van der Waals surface area contributed by atoms with E-state index in [-0.39, 0.29) is 16.8 Å². The highest BCUT2D eigenvalue weighted by Gasteiger charge is 2.08. The van der Waals surface area contributed by atoms with Gasteiger partial charge in [0.25, 0.3) is 0 Å². The minimum Gasteiger partial charge on any atom is -0.489 e. The topological polar surface area (TPSA) is 106 Å². The van der Waals surface area contributed by atoms with Crippen LogP contribution in [0.1, 0.15) is 19.4 Å². The van der Waals surface area contributed by atoms with Gasteiger partial charge in [-0.2, -0.15) is 0 Å². The van der Waals surface area contributed by atoms with Gasteiger partial charge in [-0.25, -0.2) is 22.9 Å². The van der Waals surface area contributed by atoms with Crippen molar-refractivity contribution in [2.24, 2.45) is 10.1 Å². The number of rotatable bonds is 8. The first-order valence-corrected chi connectivity index (χ1v) is 10.4. The summed E-state index contributed by atoms with van der Waals surface area (Å²) in [6, 6.07) is 12.1. The summed E-state index contributed by atoms with van der Waals surface area (Å²) in [6.07, 6.45) is -0.164. The van der Waals surface area contributed by atoms with Gasteiger partial charge in [0.15, 0.2) is 5.96 Å². The molecule has 1 unspecified atom stereocenters. The third-order valence-electron chi connectivity index (χ3n) is 3.72. The molecule has 0 saturated carbocycles. The molecule has 0 aliphatic heterocycles. The van der Waals surface area contributed by atoms with Crippen LogP contribution in [-0.2, 0) is 16.6 Å². The van der Waals surface area contributed by atoms with Crippen LogP contribution in [0.5, 0.6) is 5.75 Å². The van der Waals surface area contributed by atoms with E-state index in [1.165, 1.54) is 24.3 Å². The Hall–Kier alpha value is -2.65. The number of sulfonamides is 1. The number of halogens is 1. The molecule has 2 rings (SSSR count). The van der Waals surface area contributed by atoms with Gasteiger partial charge < -0.3 is 15.4 Å². The fraction of sp³-hybridized carbons (Fsp3) is 0.316. The van der Waals surface area contributed by atoms with Gasteiger partial charge in [-0.05, 0) is 55.8 Å². The number of nitrogens with two attached hydrogens (primary N) is 1. The van der Waals surface area contributed by atoms with Gasteiger partial charge in [0, 0.05) is 6.54 Å². The molecule has 0 amide bonds. The van der Waals surface area contributed by atoms with Crippen LogP contribution in [0.15, 0.2) is 58.4 Å². The van der Waals surface area contributed by atoms with Gasteiger partial charge >= 0.3 is 0 Å². The summed E-state index contributed by atoms with van der Waals surface area (Å²) in [6.45, 7) is 5.40. The predicted molar refractivity (Wildman–Crippen MR) is 107 cm³/mol. The molecule has 0 aromatic heterocycles. The minimum atomic E-state index is -3.70. The second kappa shape index (κ2) is 10.0. The third kappa shape index (κ3) is 7.16. The quantitative estimate of drug-likeness (QED) is 0.458. The molecule has 2 aromatic rings. The zero-order valence-corrected chi connectivity index (χ0v) is 16.7. The average molecular weight is 408 g/mol. The summed E-state index contributed by atoms with van der Waals surface area (Å²) < 4.78 is 41.2. The number of nitrogens with zero attached hydrogens (tertiary/aromatic N) is 1. The van der Waals surface area contributed by atoms with Gasteiger partial charge in [-0.3, -0.25) is 0 Å². The molecule has 0 spiro atoms. The molecule has 0 radical (unpaired) electrons. The number of primary sulfonamides is 1. The highest BCUT2D eigenvalue weighted by molar-refractivity contribution is 7.89.